The minimum atomic E-state index is -0.539. The molecule has 6 nitrogen and oxygen atoms in total. The maximum absolute atomic E-state index is 13.6. The molecular formula is C17H15FN2O4. The van der Waals surface area contributed by atoms with Gasteiger partial charge in [-0.25, -0.2) is 4.39 Å². The van der Waals surface area contributed by atoms with E-state index in [-0.39, 0.29) is 24.9 Å². The zero-order chi connectivity index (χ0) is 17.1. The van der Waals surface area contributed by atoms with Crippen molar-refractivity contribution in [1.29, 1.82) is 0 Å². The van der Waals surface area contributed by atoms with E-state index in [2.05, 4.69) is 5.32 Å². The Morgan fingerprint density at radius 2 is 1.92 bits per heavy atom. The number of halogens is 1. The Hall–Kier alpha value is -3.09. The molecule has 124 valence electrons. The number of hydrogen-bond donors (Lipinski definition) is 1. The summed E-state index contributed by atoms with van der Waals surface area (Å²) in [6.07, 6.45) is 0. The van der Waals surface area contributed by atoms with Crippen LogP contribution >= 0.6 is 0 Å². The van der Waals surface area contributed by atoms with Gasteiger partial charge in [0.2, 0.25) is 18.6 Å². The Balaban J connectivity index is 1.76. The van der Waals surface area contributed by atoms with Crippen molar-refractivity contribution in [3.05, 3.63) is 48.3 Å². The summed E-state index contributed by atoms with van der Waals surface area (Å²) < 4.78 is 24.1. The van der Waals surface area contributed by atoms with Crippen LogP contribution in [-0.4, -0.2) is 25.2 Å². The summed E-state index contributed by atoms with van der Waals surface area (Å²) in [5.41, 5.74) is 0.562. The van der Waals surface area contributed by atoms with E-state index in [0.717, 1.165) is 0 Å². The van der Waals surface area contributed by atoms with Crippen molar-refractivity contribution < 1.29 is 23.5 Å². The Morgan fingerprint density at radius 3 is 2.67 bits per heavy atom. The molecule has 0 atom stereocenters. The van der Waals surface area contributed by atoms with Gasteiger partial charge < -0.3 is 19.7 Å². The van der Waals surface area contributed by atoms with Gasteiger partial charge in [0.15, 0.2) is 11.5 Å². The van der Waals surface area contributed by atoms with E-state index in [1.165, 1.54) is 30.0 Å². The van der Waals surface area contributed by atoms with Gasteiger partial charge in [-0.15, -0.1) is 0 Å². The molecule has 3 rings (SSSR count). The second-order valence-corrected chi connectivity index (χ2v) is 5.17. The second-order valence-electron chi connectivity index (χ2n) is 5.17. The smallest absolute Gasteiger partial charge is 0.244 e. The largest absolute Gasteiger partial charge is 0.454 e. The third-order valence-electron chi connectivity index (χ3n) is 3.50. The van der Waals surface area contributed by atoms with Crippen LogP contribution in [0.1, 0.15) is 6.92 Å². The lowest BCUT2D eigenvalue weighted by atomic mass is 10.2. The fraction of sp³-hybridized carbons (Fsp3) is 0.176. The van der Waals surface area contributed by atoms with E-state index >= 15 is 0 Å². The van der Waals surface area contributed by atoms with Crippen LogP contribution in [0.4, 0.5) is 15.8 Å². The van der Waals surface area contributed by atoms with Crippen LogP contribution in [0, 0.1) is 5.82 Å². The number of ether oxygens (including phenoxy) is 2. The summed E-state index contributed by atoms with van der Waals surface area (Å²) in [7, 11) is 0. The predicted octanol–water partition coefficient (Wildman–Crippen LogP) is 2.55. The first-order chi connectivity index (χ1) is 11.5. The predicted molar refractivity (Wildman–Crippen MR) is 85.6 cm³/mol. The SMILES string of the molecule is CC(=O)N(CC(=O)Nc1ccccc1F)c1ccc2c(c1)OCO2. The topological polar surface area (TPSA) is 67.9 Å². The zero-order valence-electron chi connectivity index (χ0n) is 12.9. The number of nitrogens with one attached hydrogen (secondary N) is 1. The maximum Gasteiger partial charge on any atom is 0.244 e. The number of fused-ring (bicyclic) bond motifs is 1. The molecule has 0 aliphatic carbocycles. The average Bonchev–Trinajstić information content (AvgIpc) is 3.02. The number of carbonyl (C=O) groups excluding carboxylic acids is 2. The van der Waals surface area contributed by atoms with E-state index < -0.39 is 11.7 Å². The van der Waals surface area contributed by atoms with Gasteiger partial charge in [-0.1, -0.05) is 12.1 Å². The van der Waals surface area contributed by atoms with Crippen LogP contribution in [0.25, 0.3) is 0 Å². The summed E-state index contributed by atoms with van der Waals surface area (Å²) in [5, 5.41) is 2.45. The second kappa shape index (κ2) is 6.57. The van der Waals surface area contributed by atoms with Gasteiger partial charge in [0.05, 0.1) is 5.69 Å². The van der Waals surface area contributed by atoms with Gasteiger partial charge in [0, 0.05) is 18.7 Å². The number of carbonyl (C=O) groups is 2. The minimum absolute atomic E-state index is 0.0664. The third-order valence-corrected chi connectivity index (χ3v) is 3.50. The van der Waals surface area contributed by atoms with Crippen molar-refractivity contribution in [3.63, 3.8) is 0 Å². The lowest BCUT2D eigenvalue weighted by molar-refractivity contribution is -0.120. The van der Waals surface area contributed by atoms with Crippen molar-refractivity contribution >= 4 is 23.2 Å². The summed E-state index contributed by atoms with van der Waals surface area (Å²) in [4.78, 5) is 25.3. The van der Waals surface area contributed by atoms with Crippen LogP contribution in [-0.2, 0) is 9.59 Å². The van der Waals surface area contributed by atoms with Crippen LogP contribution in [0.5, 0.6) is 11.5 Å². The van der Waals surface area contributed by atoms with Crippen molar-refractivity contribution in [2.24, 2.45) is 0 Å². The Bertz CT molecular complexity index is 794. The molecule has 0 saturated carbocycles. The summed E-state index contributed by atoms with van der Waals surface area (Å²) >= 11 is 0. The molecule has 2 amide bonds. The van der Waals surface area contributed by atoms with E-state index in [9.17, 15) is 14.0 Å². The van der Waals surface area contributed by atoms with Crippen LogP contribution in [0.15, 0.2) is 42.5 Å². The molecule has 7 heteroatoms. The van der Waals surface area contributed by atoms with Crippen molar-refractivity contribution in [1.82, 2.24) is 0 Å². The van der Waals surface area contributed by atoms with E-state index in [1.54, 1.807) is 24.3 Å². The Kier molecular flexibility index (Phi) is 4.33. The fourth-order valence-corrected chi connectivity index (χ4v) is 2.33. The molecule has 1 heterocycles. The number of benzene rings is 2. The van der Waals surface area contributed by atoms with Crippen LogP contribution < -0.4 is 19.7 Å². The number of para-hydroxylation sites is 1. The first-order valence-electron chi connectivity index (χ1n) is 7.27. The molecule has 24 heavy (non-hydrogen) atoms. The van der Waals surface area contributed by atoms with Gasteiger partial charge in [-0.2, -0.15) is 0 Å². The highest BCUT2D eigenvalue weighted by Gasteiger charge is 2.20. The van der Waals surface area contributed by atoms with Crippen molar-refractivity contribution in [2.45, 2.75) is 6.92 Å². The molecule has 0 radical (unpaired) electrons. The van der Waals surface area contributed by atoms with E-state index in [4.69, 9.17) is 9.47 Å². The fourth-order valence-electron chi connectivity index (χ4n) is 2.33. The minimum Gasteiger partial charge on any atom is -0.454 e. The molecule has 0 saturated heterocycles. The molecule has 1 aliphatic heterocycles. The van der Waals surface area contributed by atoms with Gasteiger partial charge in [-0.3, -0.25) is 9.59 Å². The van der Waals surface area contributed by atoms with Crippen LogP contribution in [0.3, 0.4) is 0 Å². The number of rotatable bonds is 4. The van der Waals surface area contributed by atoms with Gasteiger partial charge >= 0.3 is 0 Å². The lowest BCUT2D eigenvalue weighted by Gasteiger charge is -2.21. The standard InChI is InChI=1S/C17H15FN2O4/c1-11(21)20(12-6-7-15-16(8-12)24-10-23-15)9-17(22)19-14-5-3-2-4-13(14)18/h2-8H,9-10H2,1H3,(H,19,22). The van der Waals surface area contributed by atoms with Crippen molar-refractivity contribution in [3.8, 4) is 11.5 Å². The summed E-state index contributed by atoms with van der Waals surface area (Å²) in [6.45, 7) is 1.22. The molecule has 1 aliphatic rings. The zero-order valence-corrected chi connectivity index (χ0v) is 12.9. The molecule has 2 aromatic carbocycles. The number of hydrogen-bond acceptors (Lipinski definition) is 4. The molecule has 0 spiro atoms. The molecule has 2 aromatic rings. The first kappa shape index (κ1) is 15.8. The Labute approximate surface area is 137 Å². The highest BCUT2D eigenvalue weighted by atomic mass is 19.1. The molecule has 1 N–H and O–H groups in total. The van der Waals surface area contributed by atoms with Gasteiger partial charge in [0.25, 0.3) is 0 Å². The number of amides is 2. The van der Waals surface area contributed by atoms with E-state index in [1.807, 2.05) is 0 Å². The summed E-state index contributed by atoms with van der Waals surface area (Å²) in [6, 6.07) is 10.8. The number of nitrogens with zero attached hydrogens (tertiary/aromatic N) is 1. The maximum atomic E-state index is 13.6. The lowest BCUT2D eigenvalue weighted by Crippen LogP contribution is -2.36. The molecular weight excluding hydrogens is 315 g/mol. The quantitative estimate of drug-likeness (QED) is 0.935. The highest BCUT2D eigenvalue weighted by Crippen LogP contribution is 2.35. The first-order valence-corrected chi connectivity index (χ1v) is 7.27. The van der Waals surface area contributed by atoms with Gasteiger partial charge in [0.1, 0.15) is 12.4 Å². The normalized spacial score (nSPS) is 11.9. The monoisotopic (exact) mass is 330 g/mol. The molecule has 0 bridgehead atoms. The van der Waals surface area contributed by atoms with Gasteiger partial charge in [-0.05, 0) is 24.3 Å². The summed E-state index contributed by atoms with van der Waals surface area (Å²) in [5.74, 6) is -0.278. The molecule has 0 aromatic heterocycles. The Morgan fingerprint density at radius 1 is 1.17 bits per heavy atom. The molecule has 0 fully saturated rings. The van der Waals surface area contributed by atoms with Crippen molar-refractivity contribution in [2.75, 3.05) is 23.6 Å². The number of anilines is 2. The average molecular weight is 330 g/mol. The highest BCUT2D eigenvalue weighted by molar-refractivity contribution is 6.02. The van der Waals surface area contributed by atoms with E-state index in [0.29, 0.717) is 17.2 Å². The third kappa shape index (κ3) is 3.29. The molecule has 0 unspecified atom stereocenters. The van der Waals surface area contributed by atoms with Crippen LogP contribution in [0.2, 0.25) is 0 Å².